The van der Waals surface area contributed by atoms with E-state index in [1.807, 2.05) is 18.2 Å². The predicted octanol–water partition coefficient (Wildman–Crippen LogP) is 3.69. The van der Waals surface area contributed by atoms with E-state index in [1.165, 1.54) is 0 Å². The maximum Gasteiger partial charge on any atom is 0.306 e. The number of benzene rings is 1. The van der Waals surface area contributed by atoms with E-state index in [9.17, 15) is 4.79 Å². The van der Waals surface area contributed by atoms with Crippen LogP contribution in [0, 0.1) is 11.8 Å². The first kappa shape index (κ1) is 14.8. The zero-order chi connectivity index (χ0) is 13.8. The van der Waals surface area contributed by atoms with Crippen LogP contribution < -0.4 is 5.32 Å². The zero-order valence-corrected chi connectivity index (χ0v) is 12.9. The zero-order valence-electron chi connectivity index (χ0n) is 10.5. The van der Waals surface area contributed by atoms with Gasteiger partial charge in [0.25, 0.3) is 0 Å². The highest BCUT2D eigenvalue weighted by Crippen LogP contribution is 2.31. The highest BCUT2D eigenvalue weighted by Gasteiger charge is 2.32. The summed E-state index contributed by atoms with van der Waals surface area (Å²) in [4.78, 5) is 11.1. The largest absolute Gasteiger partial charge is 0.481 e. The molecule has 104 valence electrons. The lowest BCUT2D eigenvalue weighted by Gasteiger charge is -2.16. The van der Waals surface area contributed by atoms with Crippen LogP contribution in [0.15, 0.2) is 22.7 Å². The van der Waals surface area contributed by atoms with Crippen LogP contribution in [0.3, 0.4) is 0 Å². The number of halogens is 2. The maximum absolute atomic E-state index is 11.1. The maximum atomic E-state index is 11.1. The van der Waals surface area contributed by atoms with Gasteiger partial charge in [-0.25, -0.2) is 0 Å². The molecule has 0 spiro atoms. The molecule has 0 amide bonds. The SMILES string of the molecule is O=C(O)C1CCCC1CNCc1ccc(Cl)c(Br)c1. The first-order valence-electron chi connectivity index (χ1n) is 6.45. The minimum absolute atomic E-state index is 0.176. The van der Waals surface area contributed by atoms with Gasteiger partial charge in [-0.2, -0.15) is 0 Å². The number of carboxylic acid groups (broad SMARTS) is 1. The molecule has 0 heterocycles. The first-order chi connectivity index (χ1) is 9.08. The Morgan fingerprint density at radius 2 is 2.26 bits per heavy atom. The van der Waals surface area contributed by atoms with Gasteiger partial charge in [-0.3, -0.25) is 4.79 Å². The summed E-state index contributed by atoms with van der Waals surface area (Å²) in [7, 11) is 0. The topological polar surface area (TPSA) is 49.3 Å². The monoisotopic (exact) mass is 345 g/mol. The van der Waals surface area contributed by atoms with Crippen LogP contribution in [0.5, 0.6) is 0 Å². The fraction of sp³-hybridized carbons (Fsp3) is 0.500. The number of carbonyl (C=O) groups is 1. The molecule has 1 aromatic carbocycles. The van der Waals surface area contributed by atoms with Crippen LogP contribution in [0.4, 0.5) is 0 Å². The van der Waals surface area contributed by atoms with E-state index in [-0.39, 0.29) is 11.8 Å². The molecule has 2 unspecified atom stereocenters. The van der Waals surface area contributed by atoms with Gasteiger partial charge in [0.2, 0.25) is 0 Å². The van der Waals surface area contributed by atoms with Gasteiger partial charge in [0, 0.05) is 11.0 Å². The third-order valence-electron chi connectivity index (χ3n) is 3.70. The predicted molar refractivity (Wildman–Crippen MR) is 79.3 cm³/mol. The van der Waals surface area contributed by atoms with Crippen molar-refractivity contribution in [1.29, 1.82) is 0 Å². The van der Waals surface area contributed by atoms with Crippen molar-refractivity contribution in [2.75, 3.05) is 6.54 Å². The van der Waals surface area contributed by atoms with Crippen LogP contribution >= 0.6 is 27.5 Å². The fourth-order valence-electron chi connectivity index (χ4n) is 2.66. The number of hydrogen-bond acceptors (Lipinski definition) is 2. The normalized spacial score (nSPS) is 22.6. The van der Waals surface area contributed by atoms with Gasteiger partial charge >= 0.3 is 5.97 Å². The first-order valence-corrected chi connectivity index (χ1v) is 7.62. The Balaban J connectivity index is 1.83. The second-order valence-electron chi connectivity index (χ2n) is 5.02. The summed E-state index contributed by atoms with van der Waals surface area (Å²) in [5.74, 6) is -0.573. The van der Waals surface area contributed by atoms with Crippen molar-refractivity contribution in [3.05, 3.63) is 33.3 Å². The lowest BCUT2D eigenvalue weighted by Crippen LogP contribution is -2.28. The number of carboxylic acids is 1. The Morgan fingerprint density at radius 3 is 2.95 bits per heavy atom. The van der Waals surface area contributed by atoms with E-state index in [0.717, 1.165) is 42.4 Å². The van der Waals surface area contributed by atoms with Crippen LogP contribution in [0.25, 0.3) is 0 Å². The summed E-state index contributed by atoms with van der Waals surface area (Å²) in [5, 5.41) is 13.2. The second kappa shape index (κ2) is 6.73. The lowest BCUT2D eigenvalue weighted by atomic mass is 9.96. The molecule has 0 aromatic heterocycles. The van der Waals surface area contributed by atoms with Crippen molar-refractivity contribution in [2.24, 2.45) is 11.8 Å². The molecular weight excluding hydrogens is 330 g/mol. The Bertz CT molecular complexity index is 467. The van der Waals surface area contributed by atoms with Gasteiger partial charge in [-0.15, -0.1) is 0 Å². The lowest BCUT2D eigenvalue weighted by molar-refractivity contribution is -0.142. The van der Waals surface area contributed by atoms with E-state index in [4.69, 9.17) is 16.7 Å². The molecule has 2 atom stereocenters. The van der Waals surface area contributed by atoms with Gasteiger partial charge in [-0.1, -0.05) is 24.1 Å². The number of aliphatic carboxylic acids is 1. The second-order valence-corrected chi connectivity index (χ2v) is 6.28. The molecule has 0 bridgehead atoms. The summed E-state index contributed by atoms with van der Waals surface area (Å²) in [6.45, 7) is 1.50. The van der Waals surface area contributed by atoms with Gasteiger partial charge in [-0.05, 0) is 58.9 Å². The van der Waals surface area contributed by atoms with Crippen molar-refractivity contribution in [3.63, 3.8) is 0 Å². The molecule has 1 aromatic rings. The van der Waals surface area contributed by atoms with Crippen molar-refractivity contribution < 1.29 is 9.90 Å². The van der Waals surface area contributed by atoms with E-state index in [2.05, 4.69) is 21.2 Å². The quantitative estimate of drug-likeness (QED) is 0.855. The fourth-order valence-corrected chi connectivity index (χ4v) is 3.20. The smallest absolute Gasteiger partial charge is 0.306 e. The van der Waals surface area contributed by atoms with E-state index >= 15 is 0 Å². The van der Waals surface area contributed by atoms with Crippen molar-refractivity contribution >= 4 is 33.5 Å². The summed E-state index contributed by atoms with van der Waals surface area (Å²) < 4.78 is 0.887. The average molecular weight is 347 g/mol. The summed E-state index contributed by atoms with van der Waals surface area (Å²) in [6.07, 6.45) is 2.85. The van der Waals surface area contributed by atoms with Gasteiger partial charge in [0.05, 0.1) is 10.9 Å². The molecule has 5 heteroatoms. The Hall–Kier alpha value is -0.580. The van der Waals surface area contributed by atoms with E-state index in [1.54, 1.807) is 0 Å². The highest BCUT2D eigenvalue weighted by molar-refractivity contribution is 9.10. The minimum atomic E-state index is -0.654. The van der Waals surface area contributed by atoms with E-state index in [0.29, 0.717) is 5.02 Å². The molecule has 0 saturated heterocycles. The van der Waals surface area contributed by atoms with Crippen LogP contribution in [-0.2, 0) is 11.3 Å². The molecule has 19 heavy (non-hydrogen) atoms. The van der Waals surface area contributed by atoms with Crippen LogP contribution in [0.2, 0.25) is 5.02 Å². The molecular formula is C14H17BrClNO2. The molecule has 2 N–H and O–H groups in total. The number of rotatable bonds is 5. The molecule has 0 aliphatic heterocycles. The Morgan fingerprint density at radius 1 is 1.47 bits per heavy atom. The summed E-state index contributed by atoms with van der Waals surface area (Å²) >= 11 is 9.34. The number of nitrogens with one attached hydrogen (secondary N) is 1. The minimum Gasteiger partial charge on any atom is -0.481 e. The molecule has 2 rings (SSSR count). The molecule has 1 aliphatic carbocycles. The van der Waals surface area contributed by atoms with Crippen LogP contribution in [0.1, 0.15) is 24.8 Å². The van der Waals surface area contributed by atoms with Crippen molar-refractivity contribution in [1.82, 2.24) is 5.32 Å². The Labute approximate surface area is 126 Å². The molecule has 1 saturated carbocycles. The van der Waals surface area contributed by atoms with Crippen molar-refractivity contribution in [2.45, 2.75) is 25.8 Å². The standard InChI is InChI=1S/C14H17BrClNO2/c15-12-6-9(4-5-13(12)16)7-17-8-10-2-1-3-11(10)14(18)19/h4-6,10-11,17H,1-3,7-8H2,(H,18,19). The van der Waals surface area contributed by atoms with E-state index < -0.39 is 5.97 Å². The number of hydrogen-bond donors (Lipinski definition) is 2. The molecule has 1 aliphatic rings. The molecule has 0 radical (unpaired) electrons. The summed E-state index contributed by atoms with van der Waals surface area (Å²) in [5.41, 5.74) is 1.14. The average Bonchev–Trinajstić information content (AvgIpc) is 2.82. The molecule has 3 nitrogen and oxygen atoms in total. The third kappa shape index (κ3) is 3.94. The third-order valence-corrected chi connectivity index (χ3v) is 4.91. The highest BCUT2D eigenvalue weighted by atomic mass is 79.9. The molecule has 1 fully saturated rings. The summed E-state index contributed by atoms with van der Waals surface area (Å²) in [6, 6.07) is 5.82. The van der Waals surface area contributed by atoms with Crippen LogP contribution in [-0.4, -0.2) is 17.6 Å². The van der Waals surface area contributed by atoms with Gasteiger partial charge in [0.15, 0.2) is 0 Å². The van der Waals surface area contributed by atoms with Crippen molar-refractivity contribution in [3.8, 4) is 0 Å². The van der Waals surface area contributed by atoms with Gasteiger partial charge in [0.1, 0.15) is 0 Å². The Kier molecular flexibility index (Phi) is 5.25. The van der Waals surface area contributed by atoms with Gasteiger partial charge < -0.3 is 10.4 Å².